The van der Waals surface area contributed by atoms with Gasteiger partial charge < -0.3 is 0 Å². The van der Waals surface area contributed by atoms with E-state index in [1.54, 1.807) is 0 Å². The largest absolute Gasteiger partial charge is 0.239 e. The molecule has 48 valence electrons. The summed E-state index contributed by atoms with van der Waals surface area (Å²) in [5, 5.41) is 0. The van der Waals surface area contributed by atoms with Crippen LogP contribution in [-0.2, 0) is 0 Å². The molecule has 0 radical (unpaired) electrons. The first kappa shape index (κ1) is 6.24. The molecule has 0 N–H and O–H groups in total. The van der Waals surface area contributed by atoms with Crippen LogP contribution >= 0.6 is 0 Å². The van der Waals surface area contributed by atoms with Gasteiger partial charge in [0.2, 0.25) is 0 Å². The Hall–Kier alpha value is -0.880. The third kappa shape index (κ3) is 1.51. The molecule has 1 rings (SSSR count). The van der Waals surface area contributed by atoms with Gasteiger partial charge in [0.15, 0.2) is 12.3 Å². The number of hydrogen-bond acceptors (Lipinski definition) is 0. The second kappa shape index (κ2) is 2.60. The van der Waals surface area contributed by atoms with Crippen LogP contribution in [0.5, 0.6) is 0 Å². The predicted molar refractivity (Wildman–Crippen MR) is 31.6 cm³/mol. The highest BCUT2D eigenvalue weighted by Crippen LogP contribution is 2.08. The van der Waals surface area contributed by atoms with E-state index in [0.29, 0.717) is 0 Å². The Morgan fingerprint density at radius 2 is 2.00 bits per heavy atom. The van der Waals surface area contributed by atoms with Crippen LogP contribution < -0.4 is 0 Å². The molecule has 0 aromatic rings. The van der Waals surface area contributed by atoms with Crippen molar-refractivity contribution in [2.24, 2.45) is 0 Å². The van der Waals surface area contributed by atoms with Gasteiger partial charge in [-0.2, -0.15) is 0 Å². The number of alkyl halides is 2. The van der Waals surface area contributed by atoms with E-state index in [1.165, 1.54) is 18.2 Å². The van der Waals surface area contributed by atoms with E-state index in [9.17, 15) is 8.78 Å². The Labute approximate surface area is 52.2 Å². The van der Waals surface area contributed by atoms with Crippen LogP contribution in [0.1, 0.15) is 0 Å². The van der Waals surface area contributed by atoms with Gasteiger partial charge in [-0.3, -0.25) is 0 Å². The molecule has 2 heteroatoms. The van der Waals surface area contributed by atoms with Crippen molar-refractivity contribution < 1.29 is 8.78 Å². The minimum Gasteiger partial charge on any atom is -0.239 e. The van der Waals surface area contributed by atoms with Gasteiger partial charge in [0.05, 0.1) is 0 Å². The fourth-order valence-corrected chi connectivity index (χ4v) is 0.563. The first-order valence-corrected chi connectivity index (χ1v) is 2.68. The smallest absolute Gasteiger partial charge is 0.160 e. The molecule has 0 heterocycles. The van der Waals surface area contributed by atoms with E-state index >= 15 is 0 Å². The lowest BCUT2D eigenvalue weighted by Gasteiger charge is -2.00. The molecular formula is C7H6F2. The summed E-state index contributed by atoms with van der Waals surface area (Å²) in [5.41, 5.74) is 2.48. The molecule has 0 saturated carbocycles. The second-order valence-corrected chi connectivity index (χ2v) is 1.77. The molecule has 0 bridgehead atoms. The molecule has 0 nitrogen and oxygen atoms in total. The molecule has 9 heavy (non-hydrogen) atoms. The summed E-state index contributed by atoms with van der Waals surface area (Å²) in [5.74, 6) is 0. The van der Waals surface area contributed by atoms with Gasteiger partial charge >= 0.3 is 0 Å². The van der Waals surface area contributed by atoms with E-state index in [0.717, 1.165) is 6.08 Å². The summed E-state index contributed by atoms with van der Waals surface area (Å²) < 4.78 is 24.6. The van der Waals surface area contributed by atoms with Gasteiger partial charge in [-0.05, 0) is 18.2 Å². The van der Waals surface area contributed by atoms with Crippen molar-refractivity contribution in [1.29, 1.82) is 0 Å². The predicted octanol–water partition coefficient (Wildman–Crippen LogP) is 1.94. The lowest BCUT2D eigenvalue weighted by Crippen LogP contribution is -2.09. The zero-order valence-corrected chi connectivity index (χ0v) is 4.72. The van der Waals surface area contributed by atoms with Crippen molar-refractivity contribution >= 4 is 0 Å². The monoisotopic (exact) mass is 128 g/mol. The SMILES string of the molecule is FC1C=C=CC=CC1F. The summed E-state index contributed by atoms with van der Waals surface area (Å²) >= 11 is 0. The molecule has 1 aliphatic carbocycles. The second-order valence-electron chi connectivity index (χ2n) is 1.77. The Balaban J connectivity index is 2.77. The van der Waals surface area contributed by atoms with Crippen LogP contribution in [0.15, 0.2) is 30.0 Å². The zero-order chi connectivity index (χ0) is 6.69. The van der Waals surface area contributed by atoms with Gasteiger partial charge in [0.1, 0.15) is 0 Å². The summed E-state index contributed by atoms with van der Waals surface area (Å²) in [7, 11) is 0. The maximum atomic E-state index is 12.3. The standard InChI is InChI=1S/C7H6F2/c8-6-4-2-1-3-5-7(6)9/h1-2,4-7H. The average molecular weight is 128 g/mol. The fraction of sp³-hybridized carbons (Fsp3) is 0.286. The van der Waals surface area contributed by atoms with Crippen molar-refractivity contribution in [2.45, 2.75) is 12.3 Å². The van der Waals surface area contributed by atoms with Crippen LogP contribution in [0.4, 0.5) is 8.78 Å². The van der Waals surface area contributed by atoms with Crippen LogP contribution in [-0.4, -0.2) is 12.3 Å². The number of halogens is 2. The first-order valence-electron chi connectivity index (χ1n) is 2.68. The summed E-state index contributed by atoms with van der Waals surface area (Å²) in [4.78, 5) is 0. The molecule has 2 unspecified atom stereocenters. The van der Waals surface area contributed by atoms with Crippen molar-refractivity contribution in [3.8, 4) is 0 Å². The lowest BCUT2D eigenvalue weighted by atomic mass is 10.2. The highest BCUT2D eigenvalue weighted by molar-refractivity contribution is 5.13. The minimum atomic E-state index is -1.53. The lowest BCUT2D eigenvalue weighted by molar-refractivity contribution is 0.248. The fourth-order valence-electron chi connectivity index (χ4n) is 0.563. The summed E-state index contributed by atoms with van der Waals surface area (Å²) in [6.45, 7) is 0. The Morgan fingerprint density at radius 1 is 1.22 bits per heavy atom. The third-order valence-electron chi connectivity index (χ3n) is 1.05. The molecule has 0 fully saturated rings. The average Bonchev–Trinajstić information content (AvgIpc) is 1.99. The molecule has 0 aromatic carbocycles. The molecule has 0 amide bonds. The maximum Gasteiger partial charge on any atom is 0.160 e. The highest BCUT2D eigenvalue weighted by atomic mass is 19.2. The molecule has 0 aliphatic heterocycles. The highest BCUT2D eigenvalue weighted by Gasteiger charge is 2.13. The molecular weight excluding hydrogens is 122 g/mol. The van der Waals surface area contributed by atoms with Gasteiger partial charge in [-0.1, -0.05) is 6.08 Å². The first-order chi connectivity index (χ1) is 4.30. The van der Waals surface area contributed by atoms with Crippen LogP contribution in [0.2, 0.25) is 0 Å². The van der Waals surface area contributed by atoms with E-state index in [1.807, 2.05) is 0 Å². The van der Waals surface area contributed by atoms with Gasteiger partial charge in [0, 0.05) is 0 Å². The van der Waals surface area contributed by atoms with E-state index in [2.05, 4.69) is 5.73 Å². The van der Waals surface area contributed by atoms with Gasteiger partial charge in [0.25, 0.3) is 0 Å². The van der Waals surface area contributed by atoms with E-state index < -0.39 is 12.3 Å². The number of rotatable bonds is 0. The van der Waals surface area contributed by atoms with Crippen LogP contribution in [0.3, 0.4) is 0 Å². The molecule has 1 aliphatic rings. The Bertz CT molecular complexity index is 175. The normalized spacial score (nSPS) is 32.7. The van der Waals surface area contributed by atoms with Crippen molar-refractivity contribution in [1.82, 2.24) is 0 Å². The van der Waals surface area contributed by atoms with Crippen LogP contribution in [0, 0.1) is 0 Å². The van der Waals surface area contributed by atoms with Gasteiger partial charge in [-0.15, -0.1) is 5.73 Å². The molecule has 2 atom stereocenters. The Morgan fingerprint density at radius 3 is 2.78 bits per heavy atom. The summed E-state index contributed by atoms with van der Waals surface area (Å²) in [6.07, 6.45) is 2.13. The van der Waals surface area contributed by atoms with Crippen molar-refractivity contribution in [3.05, 3.63) is 30.0 Å². The quantitative estimate of drug-likeness (QED) is 0.437. The summed E-state index contributed by atoms with van der Waals surface area (Å²) in [6, 6.07) is 0. The third-order valence-corrected chi connectivity index (χ3v) is 1.05. The number of hydrogen-bond donors (Lipinski definition) is 0. The zero-order valence-electron chi connectivity index (χ0n) is 4.72. The van der Waals surface area contributed by atoms with E-state index in [-0.39, 0.29) is 0 Å². The van der Waals surface area contributed by atoms with E-state index in [4.69, 9.17) is 0 Å². The van der Waals surface area contributed by atoms with Gasteiger partial charge in [-0.25, -0.2) is 8.78 Å². The molecule has 0 aromatic heterocycles. The van der Waals surface area contributed by atoms with Crippen molar-refractivity contribution in [3.63, 3.8) is 0 Å². The van der Waals surface area contributed by atoms with Crippen molar-refractivity contribution in [2.75, 3.05) is 0 Å². The molecule has 0 saturated heterocycles. The molecule has 0 spiro atoms. The number of allylic oxidation sites excluding steroid dienone is 3. The Kier molecular flexibility index (Phi) is 1.81. The topological polar surface area (TPSA) is 0 Å². The van der Waals surface area contributed by atoms with Crippen LogP contribution in [0.25, 0.3) is 0 Å². The maximum absolute atomic E-state index is 12.3. The minimum absolute atomic E-state index is 1.07.